The van der Waals surface area contributed by atoms with E-state index in [9.17, 15) is 9.59 Å². The average molecular weight is 255 g/mol. The monoisotopic (exact) mass is 255 g/mol. The first kappa shape index (κ1) is 13.7. The molecule has 0 saturated carbocycles. The summed E-state index contributed by atoms with van der Waals surface area (Å²) in [7, 11) is 0. The first-order valence-corrected chi connectivity index (χ1v) is 6.45. The maximum Gasteiger partial charge on any atom is 0.326 e. The number of aryl methyl sites for hydroxylation is 1. The number of aliphatic carboxylic acids is 1. The van der Waals surface area contributed by atoms with Crippen molar-refractivity contribution >= 4 is 23.2 Å². The number of carboxylic acids is 1. The Morgan fingerprint density at radius 3 is 2.59 bits per heavy atom. The highest BCUT2D eigenvalue weighted by Gasteiger charge is 2.25. The van der Waals surface area contributed by atoms with Crippen molar-refractivity contribution in [3.05, 3.63) is 21.9 Å². The molecular weight excluding hydrogens is 238 g/mol. The highest BCUT2D eigenvalue weighted by Crippen LogP contribution is 2.17. The van der Waals surface area contributed by atoms with Crippen LogP contribution >= 0.6 is 11.3 Å². The SMILES string of the molecule is CCc1ccsc1C(=O)NC(C(=O)O)C(C)C. The molecule has 94 valence electrons. The molecule has 0 fully saturated rings. The zero-order valence-corrected chi connectivity index (χ0v) is 11.0. The van der Waals surface area contributed by atoms with Crippen LogP contribution in [0.15, 0.2) is 11.4 Å². The van der Waals surface area contributed by atoms with Gasteiger partial charge in [-0.2, -0.15) is 0 Å². The molecule has 1 aromatic rings. The molecule has 4 nitrogen and oxygen atoms in total. The lowest BCUT2D eigenvalue weighted by molar-refractivity contribution is -0.140. The lowest BCUT2D eigenvalue weighted by Gasteiger charge is -2.17. The molecule has 0 radical (unpaired) electrons. The van der Waals surface area contributed by atoms with Crippen LogP contribution in [0.3, 0.4) is 0 Å². The van der Waals surface area contributed by atoms with Crippen LogP contribution in [0.25, 0.3) is 0 Å². The van der Waals surface area contributed by atoms with Crippen molar-refractivity contribution in [3.63, 3.8) is 0 Å². The Kier molecular flexibility index (Phi) is 4.69. The Hall–Kier alpha value is -1.36. The minimum atomic E-state index is -0.997. The third-order valence-electron chi connectivity index (χ3n) is 2.55. The quantitative estimate of drug-likeness (QED) is 0.847. The molecule has 1 atom stereocenters. The summed E-state index contributed by atoms with van der Waals surface area (Å²) in [6.45, 7) is 5.51. The molecule has 0 bridgehead atoms. The van der Waals surface area contributed by atoms with Gasteiger partial charge in [0.25, 0.3) is 5.91 Å². The largest absolute Gasteiger partial charge is 0.480 e. The molecule has 1 unspecified atom stereocenters. The van der Waals surface area contributed by atoms with Gasteiger partial charge in [0.05, 0.1) is 4.88 Å². The number of rotatable bonds is 5. The van der Waals surface area contributed by atoms with E-state index in [1.54, 1.807) is 13.8 Å². The van der Waals surface area contributed by atoms with Crippen LogP contribution in [0.2, 0.25) is 0 Å². The Morgan fingerprint density at radius 2 is 2.12 bits per heavy atom. The lowest BCUT2D eigenvalue weighted by Crippen LogP contribution is -2.44. The molecule has 1 amide bonds. The van der Waals surface area contributed by atoms with Gasteiger partial charge >= 0.3 is 5.97 Å². The van der Waals surface area contributed by atoms with Gasteiger partial charge in [0.1, 0.15) is 6.04 Å². The van der Waals surface area contributed by atoms with Crippen LogP contribution in [0.5, 0.6) is 0 Å². The molecular formula is C12H17NO3S. The minimum Gasteiger partial charge on any atom is -0.480 e. The highest BCUT2D eigenvalue weighted by atomic mass is 32.1. The van der Waals surface area contributed by atoms with E-state index in [0.29, 0.717) is 4.88 Å². The summed E-state index contributed by atoms with van der Waals surface area (Å²) in [4.78, 5) is 23.5. The molecule has 17 heavy (non-hydrogen) atoms. The van der Waals surface area contributed by atoms with Gasteiger partial charge in [0.15, 0.2) is 0 Å². The summed E-state index contributed by atoms with van der Waals surface area (Å²) >= 11 is 1.34. The zero-order chi connectivity index (χ0) is 13.0. The third kappa shape index (κ3) is 3.30. The van der Waals surface area contributed by atoms with Gasteiger partial charge < -0.3 is 10.4 Å². The van der Waals surface area contributed by atoms with Crippen LogP contribution in [0.1, 0.15) is 36.0 Å². The lowest BCUT2D eigenvalue weighted by atomic mass is 10.0. The Balaban J connectivity index is 2.81. The first-order chi connectivity index (χ1) is 7.97. The van der Waals surface area contributed by atoms with Gasteiger partial charge in [-0.05, 0) is 29.3 Å². The Labute approximate surface area is 105 Å². The van der Waals surface area contributed by atoms with Gasteiger partial charge in [-0.1, -0.05) is 20.8 Å². The van der Waals surface area contributed by atoms with Crippen molar-refractivity contribution in [1.29, 1.82) is 0 Å². The van der Waals surface area contributed by atoms with Crippen molar-refractivity contribution in [2.24, 2.45) is 5.92 Å². The van der Waals surface area contributed by atoms with Crippen LogP contribution in [-0.4, -0.2) is 23.0 Å². The highest BCUT2D eigenvalue weighted by molar-refractivity contribution is 7.12. The normalized spacial score (nSPS) is 12.5. The first-order valence-electron chi connectivity index (χ1n) is 5.57. The van der Waals surface area contributed by atoms with Crippen LogP contribution in [-0.2, 0) is 11.2 Å². The van der Waals surface area contributed by atoms with Gasteiger partial charge in [0, 0.05) is 0 Å². The third-order valence-corrected chi connectivity index (χ3v) is 3.51. The number of amides is 1. The second kappa shape index (κ2) is 5.82. The van der Waals surface area contributed by atoms with Gasteiger partial charge in [-0.3, -0.25) is 4.79 Å². The van der Waals surface area contributed by atoms with E-state index in [0.717, 1.165) is 12.0 Å². The van der Waals surface area contributed by atoms with Crippen LogP contribution in [0, 0.1) is 5.92 Å². The van der Waals surface area contributed by atoms with E-state index in [2.05, 4.69) is 5.32 Å². The smallest absolute Gasteiger partial charge is 0.326 e. The molecule has 0 aliphatic heterocycles. The molecule has 0 aromatic carbocycles. The molecule has 1 rings (SSSR count). The molecule has 5 heteroatoms. The summed E-state index contributed by atoms with van der Waals surface area (Å²) in [6.07, 6.45) is 0.770. The van der Waals surface area contributed by atoms with Gasteiger partial charge in [0.2, 0.25) is 0 Å². The van der Waals surface area contributed by atoms with Crippen LogP contribution in [0.4, 0.5) is 0 Å². The van der Waals surface area contributed by atoms with E-state index in [1.807, 2.05) is 18.4 Å². The van der Waals surface area contributed by atoms with Crippen molar-refractivity contribution in [3.8, 4) is 0 Å². The van der Waals surface area contributed by atoms with Crippen molar-refractivity contribution < 1.29 is 14.7 Å². The molecule has 1 heterocycles. The number of carbonyl (C=O) groups is 2. The molecule has 0 saturated heterocycles. The van der Waals surface area contributed by atoms with Crippen molar-refractivity contribution in [1.82, 2.24) is 5.32 Å². The predicted molar refractivity (Wildman–Crippen MR) is 67.4 cm³/mol. The number of thiophene rings is 1. The molecule has 2 N–H and O–H groups in total. The number of nitrogens with one attached hydrogen (secondary N) is 1. The average Bonchev–Trinajstić information content (AvgIpc) is 2.72. The molecule has 0 aliphatic rings. The fourth-order valence-electron chi connectivity index (χ4n) is 1.53. The summed E-state index contributed by atoms with van der Waals surface area (Å²) in [6, 6.07) is 1.05. The summed E-state index contributed by atoms with van der Waals surface area (Å²) in [5, 5.41) is 13.4. The van der Waals surface area contributed by atoms with Crippen molar-refractivity contribution in [2.75, 3.05) is 0 Å². The maximum absolute atomic E-state index is 11.9. The number of hydrogen-bond acceptors (Lipinski definition) is 3. The van der Waals surface area contributed by atoms with E-state index in [4.69, 9.17) is 5.11 Å². The molecule has 0 spiro atoms. The predicted octanol–water partition coefficient (Wildman–Crippen LogP) is 2.15. The number of carbonyl (C=O) groups excluding carboxylic acids is 1. The Morgan fingerprint density at radius 1 is 1.47 bits per heavy atom. The van der Waals surface area contributed by atoms with E-state index in [-0.39, 0.29) is 11.8 Å². The summed E-state index contributed by atoms with van der Waals surface area (Å²) in [5.41, 5.74) is 0.959. The van der Waals surface area contributed by atoms with E-state index in [1.165, 1.54) is 11.3 Å². The van der Waals surface area contributed by atoms with Gasteiger partial charge in [-0.25, -0.2) is 4.79 Å². The summed E-state index contributed by atoms with van der Waals surface area (Å²) < 4.78 is 0. The van der Waals surface area contributed by atoms with Crippen molar-refractivity contribution in [2.45, 2.75) is 33.2 Å². The molecule has 0 aliphatic carbocycles. The van der Waals surface area contributed by atoms with E-state index < -0.39 is 12.0 Å². The Bertz CT molecular complexity index is 412. The zero-order valence-electron chi connectivity index (χ0n) is 10.2. The molecule has 1 aromatic heterocycles. The van der Waals surface area contributed by atoms with Gasteiger partial charge in [-0.15, -0.1) is 11.3 Å². The minimum absolute atomic E-state index is 0.138. The standard InChI is InChI=1S/C12H17NO3S/c1-4-8-5-6-17-10(8)11(14)13-9(7(2)3)12(15)16/h5-7,9H,4H2,1-3H3,(H,13,14)(H,15,16). The maximum atomic E-state index is 11.9. The fourth-order valence-corrected chi connectivity index (χ4v) is 2.43. The number of carboxylic acid groups (broad SMARTS) is 1. The second-order valence-corrected chi connectivity index (χ2v) is 5.08. The topological polar surface area (TPSA) is 66.4 Å². The second-order valence-electron chi connectivity index (χ2n) is 4.16. The summed E-state index contributed by atoms with van der Waals surface area (Å²) in [5.74, 6) is -1.43. The van der Waals surface area contributed by atoms with Crippen LogP contribution < -0.4 is 5.32 Å². The number of hydrogen-bond donors (Lipinski definition) is 2. The van der Waals surface area contributed by atoms with E-state index >= 15 is 0 Å². The fraction of sp³-hybridized carbons (Fsp3) is 0.500.